The second kappa shape index (κ2) is 8.03. The van der Waals surface area contributed by atoms with Crippen molar-refractivity contribution in [1.82, 2.24) is 20.3 Å². The van der Waals surface area contributed by atoms with Gasteiger partial charge in [-0.1, -0.05) is 46.2 Å². The highest BCUT2D eigenvalue weighted by molar-refractivity contribution is 7.90. The zero-order valence-electron chi connectivity index (χ0n) is 17.0. The molecule has 2 aromatic heterocycles. The second-order valence-electron chi connectivity index (χ2n) is 7.25. The molecule has 1 unspecified atom stereocenters. The molecule has 0 aliphatic rings. The predicted octanol–water partition coefficient (Wildman–Crippen LogP) is 4.22. The Morgan fingerprint density at radius 1 is 0.968 bits per heavy atom. The number of hydrogen-bond acceptors (Lipinski definition) is 8. The summed E-state index contributed by atoms with van der Waals surface area (Å²) in [6.45, 7) is 5.00. The van der Waals surface area contributed by atoms with E-state index in [4.69, 9.17) is 9.05 Å². The molecule has 0 bridgehead atoms. The van der Waals surface area contributed by atoms with E-state index in [9.17, 15) is 12.8 Å². The lowest BCUT2D eigenvalue weighted by molar-refractivity contribution is 0.374. The van der Waals surface area contributed by atoms with Crippen LogP contribution >= 0.6 is 0 Å². The average Bonchev–Trinajstić information content (AvgIpc) is 3.39. The van der Waals surface area contributed by atoms with Gasteiger partial charge in [-0.15, -0.1) is 0 Å². The maximum atomic E-state index is 13.8. The summed E-state index contributed by atoms with van der Waals surface area (Å²) in [7, 11) is -3.79. The molecule has 0 spiro atoms. The Morgan fingerprint density at radius 2 is 1.68 bits per heavy atom. The molecular weight excluding hydrogens is 423 g/mol. The van der Waals surface area contributed by atoms with Crippen LogP contribution in [0.4, 0.5) is 4.39 Å². The number of benzene rings is 2. The van der Waals surface area contributed by atoms with Gasteiger partial charge in [-0.2, -0.15) is 9.97 Å². The van der Waals surface area contributed by atoms with Gasteiger partial charge in [0.1, 0.15) is 16.8 Å². The molecule has 0 amide bonds. The minimum Gasteiger partial charge on any atom is -0.338 e. The summed E-state index contributed by atoms with van der Waals surface area (Å²) in [5.41, 5.74) is 2.62. The fourth-order valence-electron chi connectivity index (χ4n) is 2.92. The van der Waals surface area contributed by atoms with Crippen LogP contribution in [-0.2, 0) is 15.6 Å². The topological polar surface area (TPSA) is 112 Å². The maximum absolute atomic E-state index is 13.8. The summed E-state index contributed by atoms with van der Waals surface area (Å²) in [5, 5.41) is 6.54. The van der Waals surface area contributed by atoms with Gasteiger partial charge in [0, 0.05) is 11.1 Å². The van der Waals surface area contributed by atoms with Gasteiger partial charge in [0.15, 0.2) is 9.84 Å². The molecule has 0 aliphatic heterocycles. The summed E-state index contributed by atoms with van der Waals surface area (Å²) in [6.07, 6.45) is 0. The highest BCUT2D eigenvalue weighted by Gasteiger charge is 2.31. The Balaban J connectivity index is 1.53. The van der Waals surface area contributed by atoms with E-state index in [1.807, 2.05) is 31.2 Å². The van der Waals surface area contributed by atoms with E-state index in [1.165, 1.54) is 13.0 Å². The van der Waals surface area contributed by atoms with Crippen molar-refractivity contribution in [1.29, 1.82) is 0 Å². The van der Waals surface area contributed by atoms with Crippen molar-refractivity contribution in [3.63, 3.8) is 0 Å². The lowest BCUT2D eigenvalue weighted by atomic mass is 10.1. The van der Waals surface area contributed by atoms with Crippen LogP contribution in [0.5, 0.6) is 0 Å². The minimum absolute atomic E-state index is 0.0382. The maximum Gasteiger partial charge on any atom is 0.245 e. The molecule has 0 radical (unpaired) electrons. The highest BCUT2D eigenvalue weighted by atomic mass is 32.2. The lowest BCUT2D eigenvalue weighted by Gasteiger charge is -2.06. The van der Waals surface area contributed by atoms with Gasteiger partial charge in [-0.3, -0.25) is 0 Å². The Bertz CT molecular complexity index is 1350. The molecule has 4 aromatic rings. The molecule has 2 heterocycles. The second-order valence-corrected chi connectivity index (χ2v) is 9.57. The van der Waals surface area contributed by atoms with Crippen LogP contribution in [0, 0.1) is 19.7 Å². The molecule has 8 nitrogen and oxygen atoms in total. The summed E-state index contributed by atoms with van der Waals surface area (Å²) in [5.74, 6) is -0.619. The number of aryl methyl sites for hydroxylation is 2. The van der Waals surface area contributed by atoms with Crippen LogP contribution in [0.2, 0.25) is 0 Å². The van der Waals surface area contributed by atoms with Crippen LogP contribution < -0.4 is 0 Å². The molecule has 10 heteroatoms. The van der Waals surface area contributed by atoms with E-state index in [0.717, 1.165) is 11.1 Å². The van der Waals surface area contributed by atoms with Crippen molar-refractivity contribution in [2.24, 2.45) is 0 Å². The van der Waals surface area contributed by atoms with Gasteiger partial charge in [-0.25, -0.2) is 12.8 Å². The van der Waals surface area contributed by atoms with E-state index in [2.05, 4.69) is 20.3 Å². The van der Waals surface area contributed by atoms with Crippen LogP contribution in [0.1, 0.15) is 35.1 Å². The molecule has 160 valence electrons. The third-order valence-electron chi connectivity index (χ3n) is 4.83. The van der Waals surface area contributed by atoms with Crippen LogP contribution in [0.25, 0.3) is 22.8 Å². The zero-order valence-corrected chi connectivity index (χ0v) is 17.9. The van der Waals surface area contributed by atoms with Gasteiger partial charge in [0.2, 0.25) is 23.4 Å². The first kappa shape index (κ1) is 20.9. The van der Waals surface area contributed by atoms with E-state index < -0.39 is 26.7 Å². The van der Waals surface area contributed by atoms with E-state index in [-0.39, 0.29) is 17.6 Å². The average molecular weight is 442 g/mol. The first-order valence-electron chi connectivity index (χ1n) is 9.44. The predicted molar refractivity (Wildman–Crippen MR) is 110 cm³/mol. The molecule has 1 atom stereocenters. The summed E-state index contributed by atoms with van der Waals surface area (Å²) >= 11 is 0. The lowest BCUT2D eigenvalue weighted by Crippen LogP contribution is -2.13. The van der Waals surface area contributed by atoms with Crippen LogP contribution in [0.3, 0.4) is 0 Å². The van der Waals surface area contributed by atoms with Crippen LogP contribution in [-0.4, -0.2) is 28.7 Å². The van der Waals surface area contributed by atoms with Crippen molar-refractivity contribution in [3.8, 4) is 22.8 Å². The van der Waals surface area contributed by atoms with Crippen LogP contribution in [0.15, 0.2) is 51.5 Å². The van der Waals surface area contributed by atoms with Gasteiger partial charge in [0.05, 0.1) is 0 Å². The molecule has 2 aromatic carbocycles. The van der Waals surface area contributed by atoms with E-state index in [0.29, 0.717) is 17.0 Å². The molecule has 0 N–H and O–H groups in total. The number of aromatic nitrogens is 4. The van der Waals surface area contributed by atoms with Crippen molar-refractivity contribution < 1.29 is 21.9 Å². The van der Waals surface area contributed by atoms with Gasteiger partial charge in [-0.05, 0) is 38.5 Å². The number of hydrogen-bond donors (Lipinski definition) is 0. The number of halogens is 1. The highest BCUT2D eigenvalue weighted by Crippen LogP contribution is 2.27. The molecule has 0 saturated carbocycles. The molecule has 0 saturated heterocycles. The summed E-state index contributed by atoms with van der Waals surface area (Å²) in [6, 6.07) is 12.0. The smallest absolute Gasteiger partial charge is 0.245 e. The summed E-state index contributed by atoms with van der Waals surface area (Å²) < 4.78 is 49.7. The van der Waals surface area contributed by atoms with Crippen molar-refractivity contribution in [2.45, 2.75) is 31.8 Å². The van der Waals surface area contributed by atoms with Gasteiger partial charge in [0.25, 0.3) is 0 Å². The zero-order chi connectivity index (χ0) is 22.2. The van der Waals surface area contributed by atoms with Gasteiger partial charge >= 0.3 is 0 Å². The standard InChI is InChI=1S/C21H19FN4O4S/c1-12-5-4-6-15(9-12)19-23-18(29-25-19)11-31(27,28)14(3)21-24-20(26-30-21)16-8-7-13(2)17(22)10-16/h4-10,14H,11H2,1-3H3. The molecule has 0 fully saturated rings. The third kappa shape index (κ3) is 4.38. The van der Waals surface area contributed by atoms with E-state index >= 15 is 0 Å². The number of sulfone groups is 1. The Labute approximate surface area is 178 Å². The third-order valence-corrected chi connectivity index (χ3v) is 6.76. The Morgan fingerprint density at radius 3 is 2.42 bits per heavy atom. The largest absolute Gasteiger partial charge is 0.338 e. The number of rotatable bonds is 6. The monoisotopic (exact) mass is 442 g/mol. The fourth-order valence-corrected chi connectivity index (χ4v) is 4.03. The Kier molecular flexibility index (Phi) is 5.40. The number of nitrogens with zero attached hydrogens (tertiary/aromatic N) is 4. The molecule has 31 heavy (non-hydrogen) atoms. The van der Waals surface area contributed by atoms with Crippen molar-refractivity contribution in [2.75, 3.05) is 0 Å². The SMILES string of the molecule is Cc1cccc(-c2noc(CS(=O)(=O)C(C)c3nc(-c4ccc(C)c(F)c4)no3)n2)c1. The quantitative estimate of drug-likeness (QED) is 0.436. The van der Waals surface area contributed by atoms with Crippen molar-refractivity contribution in [3.05, 3.63) is 71.2 Å². The van der Waals surface area contributed by atoms with E-state index in [1.54, 1.807) is 19.1 Å². The first-order chi connectivity index (χ1) is 14.7. The molecule has 0 aliphatic carbocycles. The van der Waals surface area contributed by atoms with Crippen molar-refractivity contribution >= 4 is 9.84 Å². The fraction of sp³-hybridized carbons (Fsp3) is 0.238. The first-order valence-corrected chi connectivity index (χ1v) is 11.2. The minimum atomic E-state index is -3.79. The molecule has 4 rings (SSSR count). The van der Waals surface area contributed by atoms with Gasteiger partial charge < -0.3 is 9.05 Å². The molecular formula is C21H19FN4O4S. The Hall–Kier alpha value is -3.40. The summed E-state index contributed by atoms with van der Waals surface area (Å²) in [4.78, 5) is 8.32. The normalized spacial score (nSPS) is 12.8.